The van der Waals surface area contributed by atoms with E-state index >= 15 is 0 Å². The Morgan fingerprint density at radius 3 is 2.29 bits per heavy atom. The number of halogens is 2. The topological polar surface area (TPSA) is 29.1 Å². The van der Waals surface area contributed by atoms with Crippen LogP contribution in [0.2, 0.25) is 0 Å². The van der Waals surface area contributed by atoms with Crippen molar-refractivity contribution in [2.75, 3.05) is 0 Å². The van der Waals surface area contributed by atoms with Crippen LogP contribution < -0.4 is 5.32 Å². The van der Waals surface area contributed by atoms with Crippen LogP contribution in [0.1, 0.15) is 17.3 Å². The summed E-state index contributed by atoms with van der Waals surface area (Å²) in [6.07, 6.45) is 0. The molecule has 0 saturated carbocycles. The zero-order valence-corrected chi connectivity index (χ0v) is 7.60. The number of carbonyl (C=O) groups is 1. The van der Waals surface area contributed by atoms with Crippen LogP contribution in [-0.2, 0) is 0 Å². The van der Waals surface area contributed by atoms with Gasteiger partial charge in [0.1, 0.15) is 17.2 Å². The van der Waals surface area contributed by atoms with Gasteiger partial charge in [-0.25, -0.2) is 8.78 Å². The van der Waals surface area contributed by atoms with Gasteiger partial charge in [-0.05, 0) is 19.1 Å². The van der Waals surface area contributed by atoms with Gasteiger partial charge in [0.2, 0.25) is 0 Å². The van der Waals surface area contributed by atoms with Crippen LogP contribution >= 0.6 is 0 Å². The van der Waals surface area contributed by atoms with E-state index in [1.54, 1.807) is 0 Å². The third-order valence-corrected chi connectivity index (χ3v) is 1.52. The zero-order chi connectivity index (χ0) is 10.7. The van der Waals surface area contributed by atoms with Crippen LogP contribution in [0.4, 0.5) is 8.78 Å². The average molecular weight is 197 g/mol. The molecule has 1 rings (SSSR count). The largest absolute Gasteiger partial charge is 0.326 e. The lowest BCUT2D eigenvalue weighted by atomic mass is 10.2. The van der Waals surface area contributed by atoms with E-state index in [1.165, 1.54) is 13.0 Å². The highest BCUT2D eigenvalue weighted by Crippen LogP contribution is 2.11. The number of hydrogen-bond acceptors (Lipinski definition) is 1. The molecule has 0 fully saturated rings. The van der Waals surface area contributed by atoms with Gasteiger partial charge in [0, 0.05) is 5.70 Å². The highest BCUT2D eigenvalue weighted by Gasteiger charge is 2.16. The standard InChI is InChI=1S/C10H9F2NO/c1-6(2)13-10(14)9-7(11)4-3-5-8(9)12/h3-5H,1H2,2H3,(H,13,14). The molecule has 0 spiro atoms. The first-order chi connectivity index (χ1) is 6.52. The van der Waals surface area contributed by atoms with Gasteiger partial charge in [-0.2, -0.15) is 0 Å². The second-order valence-corrected chi connectivity index (χ2v) is 2.83. The van der Waals surface area contributed by atoms with Crippen molar-refractivity contribution in [3.63, 3.8) is 0 Å². The highest BCUT2D eigenvalue weighted by atomic mass is 19.1. The van der Waals surface area contributed by atoms with Gasteiger partial charge >= 0.3 is 0 Å². The summed E-state index contributed by atoms with van der Waals surface area (Å²) in [5.74, 6) is -2.60. The van der Waals surface area contributed by atoms with Gasteiger partial charge in [-0.3, -0.25) is 4.79 Å². The summed E-state index contributed by atoms with van der Waals surface area (Å²) in [6.45, 7) is 4.93. The minimum atomic E-state index is -0.885. The van der Waals surface area contributed by atoms with Crippen LogP contribution in [0, 0.1) is 11.6 Å². The van der Waals surface area contributed by atoms with Gasteiger partial charge < -0.3 is 5.32 Å². The van der Waals surface area contributed by atoms with Crippen molar-refractivity contribution in [2.24, 2.45) is 0 Å². The maximum atomic E-state index is 13.0. The zero-order valence-electron chi connectivity index (χ0n) is 7.60. The number of benzene rings is 1. The molecule has 1 N–H and O–H groups in total. The quantitative estimate of drug-likeness (QED) is 0.773. The Labute approximate surface area is 80.2 Å². The summed E-state index contributed by atoms with van der Waals surface area (Å²) in [4.78, 5) is 11.2. The second-order valence-electron chi connectivity index (χ2n) is 2.83. The van der Waals surface area contributed by atoms with Gasteiger partial charge in [0.25, 0.3) is 5.91 Å². The summed E-state index contributed by atoms with van der Waals surface area (Å²) >= 11 is 0. The van der Waals surface area contributed by atoms with Crippen molar-refractivity contribution in [3.05, 3.63) is 47.7 Å². The molecule has 0 bridgehead atoms. The van der Waals surface area contributed by atoms with E-state index < -0.39 is 23.1 Å². The molecule has 4 heteroatoms. The number of hydrogen-bond donors (Lipinski definition) is 1. The number of rotatable bonds is 2. The SMILES string of the molecule is C=C(C)NC(=O)c1c(F)cccc1F. The molecule has 0 heterocycles. The maximum absolute atomic E-state index is 13.0. The molecular formula is C10H9F2NO. The summed E-state index contributed by atoms with van der Waals surface area (Å²) in [5, 5.41) is 2.23. The number of nitrogens with one attached hydrogen (secondary N) is 1. The molecule has 0 aromatic heterocycles. The first-order valence-corrected chi connectivity index (χ1v) is 3.93. The van der Waals surface area contributed by atoms with Crippen molar-refractivity contribution < 1.29 is 13.6 Å². The summed E-state index contributed by atoms with van der Waals surface area (Å²) < 4.78 is 26.0. The highest BCUT2D eigenvalue weighted by molar-refractivity contribution is 5.95. The van der Waals surface area contributed by atoms with Crippen LogP contribution in [0.25, 0.3) is 0 Å². The van der Waals surface area contributed by atoms with E-state index in [0.29, 0.717) is 5.70 Å². The van der Waals surface area contributed by atoms with Crippen LogP contribution in [0.5, 0.6) is 0 Å². The Bertz CT molecular complexity index is 367. The van der Waals surface area contributed by atoms with E-state index in [0.717, 1.165) is 12.1 Å². The maximum Gasteiger partial charge on any atom is 0.261 e. The fourth-order valence-electron chi connectivity index (χ4n) is 0.971. The van der Waals surface area contributed by atoms with Gasteiger partial charge in [0.05, 0.1) is 0 Å². The average Bonchev–Trinajstić information content (AvgIpc) is 2.01. The molecule has 14 heavy (non-hydrogen) atoms. The fraction of sp³-hybridized carbons (Fsp3) is 0.100. The molecular weight excluding hydrogens is 188 g/mol. The minimum absolute atomic E-state index is 0.331. The van der Waals surface area contributed by atoms with E-state index in [4.69, 9.17) is 0 Å². The van der Waals surface area contributed by atoms with Gasteiger partial charge in [-0.15, -0.1) is 0 Å². The predicted molar refractivity (Wildman–Crippen MR) is 48.6 cm³/mol. The minimum Gasteiger partial charge on any atom is -0.326 e. The van der Waals surface area contributed by atoms with Crippen LogP contribution in [-0.4, -0.2) is 5.91 Å². The van der Waals surface area contributed by atoms with Crippen molar-refractivity contribution in [3.8, 4) is 0 Å². The summed E-state index contributed by atoms with van der Waals surface area (Å²) in [7, 11) is 0. The Morgan fingerprint density at radius 1 is 1.36 bits per heavy atom. The Balaban J connectivity index is 3.06. The van der Waals surface area contributed by atoms with Gasteiger partial charge in [0.15, 0.2) is 0 Å². The number of carbonyl (C=O) groups excluding carboxylic acids is 1. The van der Waals surface area contributed by atoms with Crippen LogP contribution in [0.15, 0.2) is 30.5 Å². The smallest absolute Gasteiger partial charge is 0.261 e. The van der Waals surface area contributed by atoms with Crippen molar-refractivity contribution in [1.82, 2.24) is 5.32 Å². The molecule has 0 aliphatic heterocycles. The van der Waals surface area contributed by atoms with E-state index in [-0.39, 0.29) is 0 Å². The molecule has 0 aliphatic carbocycles. The molecule has 1 aromatic rings. The Kier molecular flexibility index (Phi) is 2.96. The van der Waals surface area contributed by atoms with Crippen molar-refractivity contribution in [2.45, 2.75) is 6.92 Å². The molecule has 0 aliphatic rings. The summed E-state index contributed by atoms with van der Waals surface area (Å²) in [5.41, 5.74) is -0.256. The molecule has 0 atom stereocenters. The fourth-order valence-corrected chi connectivity index (χ4v) is 0.971. The van der Waals surface area contributed by atoms with E-state index in [2.05, 4.69) is 11.9 Å². The van der Waals surface area contributed by atoms with Crippen molar-refractivity contribution >= 4 is 5.91 Å². The Hall–Kier alpha value is -1.71. The Morgan fingerprint density at radius 2 is 1.86 bits per heavy atom. The van der Waals surface area contributed by atoms with E-state index in [9.17, 15) is 13.6 Å². The first-order valence-electron chi connectivity index (χ1n) is 3.93. The van der Waals surface area contributed by atoms with Crippen LogP contribution in [0.3, 0.4) is 0 Å². The number of allylic oxidation sites excluding steroid dienone is 1. The molecule has 1 amide bonds. The molecule has 1 aromatic carbocycles. The third kappa shape index (κ3) is 2.16. The lowest BCUT2D eigenvalue weighted by molar-refractivity contribution is 0.0958. The molecule has 74 valence electrons. The second kappa shape index (κ2) is 4.00. The predicted octanol–water partition coefficient (Wildman–Crippen LogP) is 2.23. The molecule has 0 unspecified atom stereocenters. The third-order valence-electron chi connectivity index (χ3n) is 1.52. The lowest BCUT2D eigenvalue weighted by Crippen LogP contribution is -2.23. The first kappa shape index (κ1) is 10.4. The van der Waals surface area contributed by atoms with E-state index in [1.807, 2.05) is 0 Å². The monoisotopic (exact) mass is 197 g/mol. The lowest BCUT2D eigenvalue weighted by Gasteiger charge is -2.05. The number of amides is 1. The van der Waals surface area contributed by atoms with Crippen molar-refractivity contribution in [1.29, 1.82) is 0 Å². The molecule has 0 radical (unpaired) electrons. The normalized spacial score (nSPS) is 9.64. The summed E-state index contributed by atoms with van der Waals surface area (Å²) in [6, 6.07) is 3.25. The van der Waals surface area contributed by atoms with Gasteiger partial charge in [-0.1, -0.05) is 12.6 Å². The molecule has 2 nitrogen and oxygen atoms in total. The molecule has 0 saturated heterocycles.